The Bertz CT molecular complexity index is 874. The summed E-state index contributed by atoms with van der Waals surface area (Å²) in [5, 5.41) is 14.8. The van der Waals surface area contributed by atoms with Crippen LogP contribution in [-0.4, -0.2) is 52.7 Å². The van der Waals surface area contributed by atoms with Crippen LogP contribution in [0.4, 0.5) is 5.82 Å². The highest BCUT2D eigenvalue weighted by Gasteiger charge is 2.30. The lowest BCUT2D eigenvalue weighted by Crippen LogP contribution is -2.32. The quantitative estimate of drug-likeness (QED) is 0.732. The van der Waals surface area contributed by atoms with Gasteiger partial charge in [-0.3, -0.25) is 0 Å². The predicted octanol–water partition coefficient (Wildman–Crippen LogP) is 3.59. The van der Waals surface area contributed by atoms with Crippen LogP contribution in [0.25, 0.3) is 5.65 Å². The van der Waals surface area contributed by atoms with Gasteiger partial charge >= 0.3 is 0 Å². The molecule has 152 valence electrons. The Balaban J connectivity index is 2.19. The minimum Gasteiger partial charge on any atom is -0.355 e. The molecule has 1 atom stereocenters. The number of anilines is 1. The molecule has 0 bridgehead atoms. The molecule has 0 saturated carbocycles. The number of hydrogen-bond acceptors (Lipinski definition) is 5. The lowest BCUT2D eigenvalue weighted by atomic mass is 9.99. The molecule has 0 N–H and O–H groups in total. The summed E-state index contributed by atoms with van der Waals surface area (Å²) in [6.07, 6.45) is 5.20. The molecule has 6 nitrogen and oxygen atoms in total. The molecule has 0 amide bonds. The number of fused-ring (bicyclic) bond motifs is 1. The second-order valence-electron chi connectivity index (χ2n) is 8.73. The Labute approximate surface area is 169 Å². The maximum atomic E-state index is 9.88. The minimum atomic E-state index is 0.483. The highest BCUT2D eigenvalue weighted by atomic mass is 15.4. The van der Waals surface area contributed by atoms with E-state index < -0.39 is 0 Å². The molecule has 1 saturated heterocycles. The van der Waals surface area contributed by atoms with Gasteiger partial charge in [-0.1, -0.05) is 27.2 Å². The molecule has 1 aliphatic heterocycles. The zero-order valence-electron chi connectivity index (χ0n) is 18.3. The average Bonchev–Trinajstić information content (AvgIpc) is 3.26. The summed E-state index contributed by atoms with van der Waals surface area (Å²) in [6, 6.07) is 2.96. The molecule has 3 heterocycles. The van der Waals surface area contributed by atoms with Crippen molar-refractivity contribution in [3.8, 4) is 6.07 Å². The first kappa shape index (κ1) is 20.6. The number of unbranched alkanes of at least 4 members (excludes halogenated alkanes) is 1. The number of likely N-dealkylation sites (N-methyl/N-ethyl adjacent to an activating group) is 1. The molecule has 28 heavy (non-hydrogen) atoms. The number of hydrogen-bond donors (Lipinski definition) is 0. The molecule has 0 aliphatic carbocycles. The van der Waals surface area contributed by atoms with Crippen molar-refractivity contribution in [2.45, 2.75) is 65.8 Å². The number of aromatic nitrogens is 3. The first-order chi connectivity index (χ1) is 13.4. The molecule has 0 spiro atoms. The third-order valence-corrected chi connectivity index (χ3v) is 5.85. The van der Waals surface area contributed by atoms with Crippen LogP contribution in [0.5, 0.6) is 0 Å². The van der Waals surface area contributed by atoms with Gasteiger partial charge in [-0.05, 0) is 57.3 Å². The Hall–Kier alpha value is -2.13. The lowest BCUT2D eigenvalue weighted by Gasteiger charge is -2.26. The van der Waals surface area contributed by atoms with Gasteiger partial charge in [0.2, 0.25) is 0 Å². The third-order valence-electron chi connectivity index (χ3n) is 5.85. The fraction of sp³-hybridized carbons (Fsp3) is 0.682. The SMILES string of the molecule is CCCCc1c(C)c(C#N)c2nc(CC(C)C)nn2c1N1CC[C@H](N(C)C)C1. The fourth-order valence-corrected chi connectivity index (χ4v) is 4.20. The normalized spacial score (nSPS) is 17.2. The molecule has 0 aromatic carbocycles. The molecule has 1 fully saturated rings. The van der Waals surface area contributed by atoms with Gasteiger partial charge in [0.25, 0.3) is 0 Å². The standard InChI is InChI=1S/C22H34N6/c1-7-8-9-18-16(4)19(13-23)21-24-20(12-15(2)3)25-28(21)22(18)27-11-10-17(14-27)26(5)6/h15,17H,7-12,14H2,1-6H3/t17-/m0/s1. The monoisotopic (exact) mass is 382 g/mol. The summed E-state index contributed by atoms with van der Waals surface area (Å²) in [5.41, 5.74) is 3.75. The van der Waals surface area contributed by atoms with Crippen molar-refractivity contribution in [3.05, 3.63) is 22.5 Å². The van der Waals surface area contributed by atoms with E-state index in [1.54, 1.807) is 0 Å². The van der Waals surface area contributed by atoms with Crippen LogP contribution in [0.2, 0.25) is 0 Å². The number of pyridine rings is 1. The average molecular weight is 383 g/mol. The second kappa shape index (κ2) is 8.48. The van der Waals surface area contributed by atoms with E-state index in [4.69, 9.17) is 10.1 Å². The van der Waals surface area contributed by atoms with Gasteiger partial charge in [0.1, 0.15) is 17.5 Å². The predicted molar refractivity (Wildman–Crippen MR) is 114 cm³/mol. The van der Waals surface area contributed by atoms with Gasteiger partial charge in [0.15, 0.2) is 11.5 Å². The molecule has 6 heteroatoms. The topological polar surface area (TPSA) is 60.5 Å². The van der Waals surface area contributed by atoms with Gasteiger partial charge in [-0.25, -0.2) is 4.98 Å². The summed E-state index contributed by atoms with van der Waals surface area (Å²) in [7, 11) is 4.31. The van der Waals surface area contributed by atoms with E-state index >= 15 is 0 Å². The second-order valence-corrected chi connectivity index (χ2v) is 8.73. The summed E-state index contributed by atoms with van der Waals surface area (Å²) in [4.78, 5) is 9.56. The molecule has 0 unspecified atom stereocenters. The summed E-state index contributed by atoms with van der Waals surface area (Å²) < 4.78 is 1.98. The van der Waals surface area contributed by atoms with Gasteiger partial charge in [-0.15, -0.1) is 5.10 Å². The van der Waals surface area contributed by atoms with E-state index in [0.717, 1.165) is 68.0 Å². The number of nitrogens with zero attached hydrogens (tertiary/aromatic N) is 6. The first-order valence-electron chi connectivity index (χ1n) is 10.6. The van der Waals surface area contributed by atoms with Crippen molar-refractivity contribution < 1.29 is 0 Å². The van der Waals surface area contributed by atoms with E-state index in [1.807, 2.05) is 4.52 Å². The van der Waals surface area contributed by atoms with Crippen LogP contribution in [-0.2, 0) is 12.8 Å². The van der Waals surface area contributed by atoms with Gasteiger partial charge < -0.3 is 9.80 Å². The maximum absolute atomic E-state index is 9.88. The minimum absolute atomic E-state index is 0.483. The molecule has 3 rings (SSSR count). The highest BCUT2D eigenvalue weighted by molar-refractivity contribution is 5.69. The van der Waals surface area contributed by atoms with Gasteiger partial charge in [0.05, 0.1) is 0 Å². The van der Waals surface area contributed by atoms with Crippen LogP contribution in [0.3, 0.4) is 0 Å². The molecular weight excluding hydrogens is 348 g/mol. The highest BCUT2D eigenvalue weighted by Crippen LogP contribution is 2.33. The van der Waals surface area contributed by atoms with Crippen molar-refractivity contribution in [2.24, 2.45) is 5.92 Å². The fourth-order valence-electron chi connectivity index (χ4n) is 4.20. The molecule has 2 aromatic rings. The number of rotatable bonds is 7. The third kappa shape index (κ3) is 3.86. The van der Waals surface area contributed by atoms with E-state index in [9.17, 15) is 5.26 Å². The molecular formula is C22H34N6. The van der Waals surface area contributed by atoms with Crippen LogP contribution < -0.4 is 4.90 Å². The first-order valence-corrected chi connectivity index (χ1v) is 10.6. The van der Waals surface area contributed by atoms with Gasteiger partial charge in [-0.2, -0.15) is 9.78 Å². The Morgan fingerprint density at radius 1 is 1.32 bits per heavy atom. The van der Waals surface area contributed by atoms with Crippen molar-refractivity contribution in [1.82, 2.24) is 19.5 Å². The van der Waals surface area contributed by atoms with Crippen molar-refractivity contribution in [3.63, 3.8) is 0 Å². The smallest absolute Gasteiger partial charge is 0.176 e. The van der Waals surface area contributed by atoms with Crippen LogP contribution in [0.1, 0.15) is 62.5 Å². The van der Waals surface area contributed by atoms with Crippen LogP contribution in [0.15, 0.2) is 0 Å². The zero-order chi connectivity index (χ0) is 20.4. The van der Waals surface area contributed by atoms with E-state index in [2.05, 4.69) is 57.7 Å². The summed E-state index contributed by atoms with van der Waals surface area (Å²) in [6.45, 7) is 10.7. The van der Waals surface area contributed by atoms with E-state index in [1.165, 1.54) is 5.56 Å². The van der Waals surface area contributed by atoms with E-state index in [-0.39, 0.29) is 0 Å². The zero-order valence-corrected chi connectivity index (χ0v) is 18.3. The summed E-state index contributed by atoms with van der Waals surface area (Å²) >= 11 is 0. The Morgan fingerprint density at radius 3 is 2.64 bits per heavy atom. The van der Waals surface area contributed by atoms with Crippen LogP contribution in [0, 0.1) is 24.2 Å². The Kier molecular flexibility index (Phi) is 6.24. The van der Waals surface area contributed by atoms with Gasteiger partial charge in [0, 0.05) is 25.6 Å². The maximum Gasteiger partial charge on any atom is 0.176 e. The Morgan fingerprint density at radius 2 is 2.07 bits per heavy atom. The van der Waals surface area contributed by atoms with Crippen molar-refractivity contribution in [1.29, 1.82) is 5.26 Å². The number of nitriles is 1. The molecule has 1 aliphatic rings. The van der Waals surface area contributed by atoms with E-state index in [0.29, 0.717) is 17.5 Å². The molecule has 2 aromatic heterocycles. The largest absolute Gasteiger partial charge is 0.355 e. The molecule has 0 radical (unpaired) electrons. The summed E-state index contributed by atoms with van der Waals surface area (Å²) in [5.74, 6) is 2.48. The van der Waals surface area contributed by atoms with Crippen LogP contribution >= 0.6 is 0 Å². The lowest BCUT2D eigenvalue weighted by molar-refractivity contribution is 0.315. The van der Waals surface area contributed by atoms with Crippen molar-refractivity contribution in [2.75, 3.05) is 32.1 Å². The van der Waals surface area contributed by atoms with Crippen molar-refractivity contribution >= 4 is 11.5 Å².